The molecule has 0 aliphatic carbocycles. The molecule has 0 heterocycles. The summed E-state index contributed by atoms with van der Waals surface area (Å²) in [6.07, 6.45) is 0. The van der Waals surface area contributed by atoms with E-state index in [9.17, 15) is 13.2 Å². The van der Waals surface area contributed by atoms with Crippen molar-refractivity contribution in [2.24, 2.45) is 0 Å². The lowest BCUT2D eigenvalue weighted by Crippen LogP contribution is -2.40. The molecule has 0 fully saturated rings. The van der Waals surface area contributed by atoms with Gasteiger partial charge in [-0.3, -0.25) is 4.79 Å². The van der Waals surface area contributed by atoms with E-state index in [-0.39, 0.29) is 23.9 Å². The maximum Gasteiger partial charge on any atom is 0.243 e. The normalized spacial score (nSPS) is 11.4. The average molecular weight is 409 g/mol. The van der Waals surface area contributed by atoms with Crippen molar-refractivity contribution in [3.8, 4) is 0 Å². The second kappa shape index (κ2) is 9.49. The van der Waals surface area contributed by atoms with Crippen LogP contribution in [-0.4, -0.2) is 25.2 Å². The van der Waals surface area contributed by atoms with Gasteiger partial charge in [0, 0.05) is 13.1 Å². The third-order valence-corrected chi connectivity index (χ3v) is 6.32. The van der Waals surface area contributed by atoms with Gasteiger partial charge in [-0.15, -0.1) is 0 Å². The molecule has 0 saturated heterocycles. The highest BCUT2D eigenvalue weighted by atomic mass is 32.2. The van der Waals surface area contributed by atoms with Crippen molar-refractivity contribution in [3.63, 3.8) is 0 Å². The number of nitrogens with zero attached hydrogens (tertiary/aromatic N) is 1. The fourth-order valence-electron chi connectivity index (χ4n) is 2.88. The van der Waals surface area contributed by atoms with E-state index in [1.807, 2.05) is 61.5 Å². The number of hydrogen-bond donors (Lipinski definition) is 1. The molecule has 0 atom stereocenters. The summed E-state index contributed by atoms with van der Waals surface area (Å²) in [5.41, 5.74) is 2.87. The molecule has 0 unspecified atom stereocenters. The SMILES string of the molecule is Cc1ccc(CN(CC(=O)NCc2ccccc2)S(=O)(=O)c2ccccc2)cc1. The Morgan fingerprint density at radius 2 is 1.41 bits per heavy atom. The molecule has 1 amide bonds. The molecule has 0 saturated carbocycles. The highest BCUT2D eigenvalue weighted by Crippen LogP contribution is 2.18. The first-order chi connectivity index (χ1) is 13.9. The fourth-order valence-corrected chi connectivity index (χ4v) is 4.28. The van der Waals surface area contributed by atoms with E-state index in [1.165, 1.54) is 4.31 Å². The van der Waals surface area contributed by atoms with Gasteiger partial charge >= 0.3 is 0 Å². The molecular weight excluding hydrogens is 384 g/mol. The number of carbonyl (C=O) groups excluding carboxylic acids is 1. The Morgan fingerprint density at radius 3 is 2.03 bits per heavy atom. The molecule has 3 aromatic carbocycles. The van der Waals surface area contributed by atoms with Crippen LogP contribution in [0, 0.1) is 6.92 Å². The van der Waals surface area contributed by atoms with Crippen LogP contribution in [0.1, 0.15) is 16.7 Å². The van der Waals surface area contributed by atoms with Crippen LogP contribution in [0.15, 0.2) is 89.8 Å². The van der Waals surface area contributed by atoms with Crippen LogP contribution in [0.5, 0.6) is 0 Å². The predicted octanol–water partition coefficient (Wildman–Crippen LogP) is 3.50. The Hall–Kier alpha value is -2.96. The van der Waals surface area contributed by atoms with Crippen LogP contribution >= 0.6 is 0 Å². The molecule has 0 aliphatic heterocycles. The summed E-state index contributed by atoms with van der Waals surface area (Å²) in [6, 6.07) is 25.3. The molecule has 0 aromatic heterocycles. The van der Waals surface area contributed by atoms with Crippen molar-refractivity contribution in [1.29, 1.82) is 0 Å². The van der Waals surface area contributed by atoms with E-state index >= 15 is 0 Å². The van der Waals surface area contributed by atoms with E-state index in [2.05, 4.69) is 5.32 Å². The van der Waals surface area contributed by atoms with Gasteiger partial charge in [0.1, 0.15) is 0 Å². The minimum absolute atomic E-state index is 0.121. The summed E-state index contributed by atoms with van der Waals surface area (Å²) >= 11 is 0. The zero-order chi connectivity index (χ0) is 20.7. The number of sulfonamides is 1. The summed E-state index contributed by atoms with van der Waals surface area (Å²) in [7, 11) is -3.81. The van der Waals surface area contributed by atoms with E-state index in [0.717, 1.165) is 16.7 Å². The number of carbonyl (C=O) groups is 1. The Kier molecular flexibility index (Phi) is 6.80. The van der Waals surface area contributed by atoms with Crippen molar-refractivity contribution in [1.82, 2.24) is 9.62 Å². The Balaban J connectivity index is 1.78. The largest absolute Gasteiger partial charge is 0.351 e. The van der Waals surface area contributed by atoms with Crippen molar-refractivity contribution in [2.45, 2.75) is 24.9 Å². The van der Waals surface area contributed by atoms with Gasteiger partial charge in [0.05, 0.1) is 11.4 Å². The molecule has 1 N–H and O–H groups in total. The van der Waals surface area contributed by atoms with Crippen LogP contribution < -0.4 is 5.32 Å². The van der Waals surface area contributed by atoms with E-state index in [4.69, 9.17) is 0 Å². The first-order valence-electron chi connectivity index (χ1n) is 9.36. The monoisotopic (exact) mass is 408 g/mol. The van der Waals surface area contributed by atoms with Crippen LogP contribution in [0.3, 0.4) is 0 Å². The molecule has 150 valence electrons. The zero-order valence-electron chi connectivity index (χ0n) is 16.3. The Morgan fingerprint density at radius 1 is 0.828 bits per heavy atom. The zero-order valence-corrected chi connectivity index (χ0v) is 17.1. The lowest BCUT2D eigenvalue weighted by molar-refractivity contribution is -0.121. The molecule has 0 radical (unpaired) electrons. The van der Waals surface area contributed by atoms with Gasteiger partial charge in [-0.25, -0.2) is 8.42 Å². The number of benzene rings is 3. The highest BCUT2D eigenvalue weighted by molar-refractivity contribution is 7.89. The van der Waals surface area contributed by atoms with Crippen molar-refractivity contribution < 1.29 is 13.2 Å². The average Bonchev–Trinajstić information content (AvgIpc) is 2.74. The summed E-state index contributed by atoms with van der Waals surface area (Å²) in [6.45, 7) is 2.19. The predicted molar refractivity (Wildman–Crippen MR) is 114 cm³/mol. The minimum Gasteiger partial charge on any atom is -0.351 e. The number of rotatable bonds is 8. The van der Waals surface area contributed by atoms with Crippen molar-refractivity contribution in [2.75, 3.05) is 6.54 Å². The second-order valence-corrected chi connectivity index (χ2v) is 8.77. The van der Waals surface area contributed by atoms with Crippen molar-refractivity contribution in [3.05, 3.63) is 102 Å². The van der Waals surface area contributed by atoms with Gasteiger partial charge in [-0.05, 0) is 30.2 Å². The lowest BCUT2D eigenvalue weighted by Gasteiger charge is -2.22. The van der Waals surface area contributed by atoms with Gasteiger partial charge in [0.15, 0.2) is 0 Å². The molecule has 0 aliphatic rings. The quantitative estimate of drug-likeness (QED) is 0.620. The van der Waals surface area contributed by atoms with Crippen LogP contribution in [-0.2, 0) is 27.9 Å². The Labute approximate surface area is 172 Å². The van der Waals surface area contributed by atoms with Gasteiger partial charge < -0.3 is 5.32 Å². The fraction of sp³-hybridized carbons (Fsp3) is 0.174. The molecule has 0 bridgehead atoms. The smallest absolute Gasteiger partial charge is 0.243 e. The third kappa shape index (κ3) is 5.76. The topological polar surface area (TPSA) is 66.5 Å². The van der Waals surface area contributed by atoms with E-state index in [1.54, 1.807) is 30.3 Å². The summed E-state index contributed by atoms with van der Waals surface area (Å²) < 4.78 is 27.5. The first-order valence-corrected chi connectivity index (χ1v) is 10.8. The van der Waals surface area contributed by atoms with E-state index < -0.39 is 10.0 Å². The van der Waals surface area contributed by atoms with Gasteiger partial charge in [0.25, 0.3) is 0 Å². The van der Waals surface area contributed by atoms with Crippen LogP contribution in [0.4, 0.5) is 0 Å². The van der Waals surface area contributed by atoms with Gasteiger partial charge in [0.2, 0.25) is 15.9 Å². The van der Waals surface area contributed by atoms with Gasteiger partial charge in [-0.2, -0.15) is 4.31 Å². The number of hydrogen-bond acceptors (Lipinski definition) is 3. The molecule has 3 aromatic rings. The van der Waals surface area contributed by atoms with Crippen LogP contribution in [0.25, 0.3) is 0 Å². The standard InChI is InChI=1S/C23H24N2O3S/c1-19-12-14-21(15-13-19)17-25(29(27,28)22-10-6-3-7-11-22)18-23(26)24-16-20-8-4-2-5-9-20/h2-15H,16-18H2,1H3,(H,24,26). The third-order valence-electron chi connectivity index (χ3n) is 4.51. The highest BCUT2D eigenvalue weighted by Gasteiger charge is 2.26. The number of aryl methyl sites for hydroxylation is 1. The first kappa shape index (κ1) is 20.8. The molecule has 6 heteroatoms. The van der Waals surface area contributed by atoms with Crippen LogP contribution in [0.2, 0.25) is 0 Å². The maximum atomic E-state index is 13.2. The number of amides is 1. The van der Waals surface area contributed by atoms with Gasteiger partial charge in [-0.1, -0.05) is 78.4 Å². The summed E-state index contributed by atoms with van der Waals surface area (Å²) in [4.78, 5) is 12.7. The molecule has 3 rings (SSSR count). The molecule has 29 heavy (non-hydrogen) atoms. The Bertz CT molecular complexity index is 1030. The number of nitrogens with one attached hydrogen (secondary N) is 1. The molecule has 0 spiro atoms. The van der Waals surface area contributed by atoms with E-state index in [0.29, 0.717) is 6.54 Å². The minimum atomic E-state index is -3.81. The lowest BCUT2D eigenvalue weighted by atomic mass is 10.1. The summed E-state index contributed by atoms with van der Waals surface area (Å²) in [5.74, 6) is -0.347. The van der Waals surface area contributed by atoms with Crippen molar-refractivity contribution >= 4 is 15.9 Å². The summed E-state index contributed by atoms with van der Waals surface area (Å²) in [5, 5.41) is 2.80. The maximum absolute atomic E-state index is 13.2. The molecular formula is C23H24N2O3S. The second-order valence-electron chi connectivity index (χ2n) is 6.83. The molecule has 5 nitrogen and oxygen atoms in total.